The summed E-state index contributed by atoms with van der Waals surface area (Å²) < 4.78 is 10.7. The third kappa shape index (κ3) is 5.82. The maximum Gasteiger partial charge on any atom is 0.333 e. The summed E-state index contributed by atoms with van der Waals surface area (Å²) in [5.41, 5.74) is -0.698. The number of aliphatic hydroxyl groups excluding tert-OH is 1. The Hall–Kier alpha value is -2.34. The third-order valence-electron chi connectivity index (χ3n) is 4.43. The molecule has 0 saturated carbocycles. The molecule has 0 aliphatic heterocycles. The molecule has 0 radical (unpaired) electrons. The third-order valence-corrected chi connectivity index (χ3v) is 4.43. The molecule has 0 saturated heterocycles. The van der Waals surface area contributed by atoms with Crippen LogP contribution < -0.4 is 4.74 Å². The largest absolute Gasteiger partial charge is 0.494 e. The smallest absolute Gasteiger partial charge is 0.333 e. The van der Waals surface area contributed by atoms with Gasteiger partial charge in [-0.15, -0.1) is 0 Å². The van der Waals surface area contributed by atoms with E-state index in [9.17, 15) is 19.8 Å². The second kappa shape index (κ2) is 10.1. The SMILES string of the molecule is CCOc1ccc(C=CC[C@@](C(=O)OC(C)C)(C(C)C)[C@H](O)C(=O)O)cc1. The first-order valence-electron chi connectivity index (χ1n) is 9.16. The number of aliphatic hydroxyl groups is 1. The highest BCUT2D eigenvalue weighted by molar-refractivity contribution is 5.86. The van der Waals surface area contributed by atoms with E-state index >= 15 is 0 Å². The zero-order chi connectivity index (χ0) is 20.6. The predicted molar refractivity (Wildman–Crippen MR) is 103 cm³/mol. The molecule has 1 rings (SSSR count). The van der Waals surface area contributed by atoms with Gasteiger partial charge in [0.15, 0.2) is 6.10 Å². The van der Waals surface area contributed by atoms with Crippen LogP contribution in [0.2, 0.25) is 0 Å². The lowest BCUT2D eigenvalue weighted by Gasteiger charge is -2.37. The molecule has 0 amide bonds. The van der Waals surface area contributed by atoms with Crippen molar-refractivity contribution in [2.75, 3.05) is 6.61 Å². The van der Waals surface area contributed by atoms with E-state index in [-0.39, 0.29) is 6.42 Å². The quantitative estimate of drug-likeness (QED) is 0.605. The Morgan fingerprint density at radius 3 is 2.19 bits per heavy atom. The first-order valence-corrected chi connectivity index (χ1v) is 9.16. The van der Waals surface area contributed by atoms with Crippen molar-refractivity contribution < 1.29 is 29.3 Å². The first-order chi connectivity index (χ1) is 12.6. The van der Waals surface area contributed by atoms with Gasteiger partial charge in [-0.3, -0.25) is 4.79 Å². The van der Waals surface area contributed by atoms with E-state index in [1.165, 1.54) is 0 Å². The van der Waals surface area contributed by atoms with Crippen molar-refractivity contribution in [1.29, 1.82) is 0 Å². The summed E-state index contributed by atoms with van der Waals surface area (Å²) in [4.78, 5) is 24.2. The molecule has 2 atom stereocenters. The van der Waals surface area contributed by atoms with Crippen molar-refractivity contribution in [3.8, 4) is 5.75 Å². The lowest BCUT2D eigenvalue weighted by molar-refractivity contribution is -0.181. The Bertz CT molecular complexity index is 647. The fourth-order valence-corrected chi connectivity index (χ4v) is 2.87. The molecule has 2 N–H and O–H groups in total. The molecule has 0 aliphatic rings. The number of rotatable bonds is 10. The molecule has 0 aliphatic carbocycles. The molecule has 0 unspecified atom stereocenters. The van der Waals surface area contributed by atoms with Gasteiger partial charge < -0.3 is 19.7 Å². The van der Waals surface area contributed by atoms with Crippen molar-refractivity contribution in [3.05, 3.63) is 35.9 Å². The van der Waals surface area contributed by atoms with Crippen LogP contribution in [0.3, 0.4) is 0 Å². The van der Waals surface area contributed by atoms with Gasteiger partial charge in [-0.05, 0) is 50.8 Å². The van der Waals surface area contributed by atoms with Crippen LogP contribution in [0.25, 0.3) is 6.08 Å². The molecular weight excluding hydrogens is 348 g/mol. The van der Waals surface area contributed by atoms with E-state index in [1.807, 2.05) is 31.2 Å². The monoisotopic (exact) mass is 378 g/mol. The van der Waals surface area contributed by atoms with Crippen LogP contribution in [0.15, 0.2) is 30.3 Å². The maximum absolute atomic E-state index is 12.7. The molecule has 0 bridgehead atoms. The number of aliphatic carboxylic acids is 1. The van der Waals surface area contributed by atoms with Crippen LogP contribution in [-0.2, 0) is 14.3 Å². The Morgan fingerprint density at radius 2 is 1.74 bits per heavy atom. The number of hydrogen-bond acceptors (Lipinski definition) is 5. The number of carboxylic acids is 1. The molecule has 0 fully saturated rings. The molecule has 150 valence electrons. The summed E-state index contributed by atoms with van der Waals surface area (Å²) in [6, 6.07) is 7.38. The average Bonchev–Trinajstić information content (AvgIpc) is 2.58. The van der Waals surface area contributed by atoms with Crippen molar-refractivity contribution >= 4 is 18.0 Å². The fourth-order valence-electron chi connectivity index (χ4n) is 2.87. The summed E-state index contributed by atoms with van der Waals surface area (Å²) >= 11 is 0. The van der Waals surface area contributed by atoms with Gasteiger partial charge in [0.2, 0.25) is 0 Å². The Morgan fingerprint density at radius 1 is 1.15 bits per heavy atom. The number of esters is 1. The molecule has 0 heterocycles. The van der Waals surface area contributed by atoms with Crippen molar-refractivity contribution in [2.24, 2.45) is 11.3 Å². The number of carbonyl (C=O) groups is 2. The molecular formula is C21H30O6. The van der Waals surface area contributed by atoms with E-state index in [2.05, 4.69) is 0 Å². The van der Waals surface area contributed by atoms with Gasteiger partial charge in [0.25, 0.3) is 0 Å². The van der Waals surface area contributed by atoms with Gasteiger partial charge in [-0.1, -0.05) is 38.1 Å². The van der Waals surface area contributed by atoms with E-state index in [4.69, 9.17) is 9.47 Å². The summed E-state index contributed by atoms with van der Waals surface area (Å²) in [5, 5.41) is 19.7. The zero-order valence-corrected chi connectivity index (χ0v) is 16.6. The van der Waals surface area contributed by atoms with Crippen LogP contribution >= 0.6 is 0 Å². The maximum atomic E-state index is 12.7. The summed E-state index contributed by atoms with van der Waals surface area (Å²) in [7, 11) is 0. The first kappa shape index (κ1) is 22.7. The Labute approximate surface area is 160 Å². The van der Waals surface area contributed by atoms with Gasteiger partial charge in [0.05, 0.1) is 12.7 Å². The zero-order valence-electron chi connectivity index (χ0n) is 16.6. The summed E-state index contributed by atoms with van der Waals surface area (Å²) in [5.74, 6) is -1.84. The van der Waals surface area contributed by atoms with Gasteiger partial charge >= 0.3 is 11.9 Å². The minimum atomic E-state index is -1.87. The minimum absolute atomic E-state index is 0.0386. The van der Waals surface area contributed by atoms with E-state index < -0.39 is 35.5 Å². The highest BCUT2D eigenvalue weighted by Crippen LogP contribution is 2.38. The molecule has 1 aromatic rings. The van der Waals surface area contributed by atoms with Gasteiger partial charge in [-0.2, -0.15) is 0 Å². The Kier molecular flexibility index (Phi) is 8.50. The van der Waals surface area contributed by atoms with Crippen molar-refractivity contribution in [1.82, 2.24) is 0 Å². The molecule has 1 aromatic carbocycles. The van der Waals surface area contributed by atoms with Crippen LogP contribution in [-0.4, -0.2) is 41.0 Å². The predicted octanol–water partition coefficient (Wildman–Crippen LogP) is 3.53. The molecule has 0 aromatic heterocycles. The van der Waals surface area contributed by atoms with Gasteiger partial charge in [0.1, 0.15) is 11.2 Å². The number of allylic oxidation sites excluding steroid dienone is 1. The van der Waals surface area contributed by atoms with Crippen LogP contribution in [0.4, 0.5) is 0 Å². The normalized spacial score (nSPS) is 15.0. The molecule has 6 nitrogen and oxygen atoms in total. The van der Waals surface area contributed by atoms with E-state index in [0.29, 0.717) is 6.61 Å². The standard InChI is InChI=1S/C21H30O6/c1-6-26-17-11-9-16(10-12-17)8-7-13-21(14(2)3,18(22)19(23)24)20(25)27-15(4)5/h7-12,14-15,18,22H,6,13H2,1-5H3,(H,23,24)/t18-,21-/m1/s1. The highest BCUT2D eigenvalue weighted by Gasteiger charge is 2.52. The minimum Gasteiger partial charge on any atom is -0.494 e. The average molecular weight is 378 g/mol. The second-order valence-corrected chi connectivity index (χ2v) is 7.00. The van der Waals surface area contributed by atoms with Gasteiger partial charge in [-0.25, -0.2) is 4.79 Å². The highest BCUT2D eigenvalue weighted by atomic mass is 16.5. The number of hydrogen-bond donors (Lipinski definition) is 2. The topological polar surface area (TPSA) is 93.1 Å². The molecule has 6 heteroatoms. The fraction of sp³-hybridized carbons (Fsp3) is 0.524. The number of ether oxygens (including phenoxy) is 2. The van der Waals surface area contributed by atoms with Crippen LogP contribution in [0.1, 0.15) is 46.6 Å². The summed E-state index contributed by atoms with van der Waals surface area (Å²) in [6.45, 7) is 9.27. The van der Waals surface area contributed by atoms with E-state index in [1.54, 1.807) is 39.8 Å². The van der Waals surface area contributed by atoms with Crippen molar-refractivity contribution in [3.63, 3.8) is 0 Å². The van der Waals surface area contributed by atoms with Crippen LogP contribution in [0, 0.1) is 11.3 Å². The van der Waals surface area contributed by atoms with Crippen LogP contribution in [0.5, 0.6) is 5.75 Å². The Balaban J connectivity index is 3.11. The lowest BCUT2D eigenvalue weighted by atomic mass is 9.69. The number of benzene rings is 1. The van der Waals surface area contributed by atoms with E-state index in [0.717, 1.165) is 11.3 Å². The number of carbonyl (C=O) groups excluding carboxylic acids is 1. The van der Waals surface area contributed by atoms with Gasteiger partial charge in [0, 0.05) is 0 Å². The van der Waals surface area contributed by atoms with Crippen molar-refractivity contribution in [2.45, 2.75) is 53.2 Å². The number of carboxylic acid groups (broad SMARTS) is 1. The summed E-state index contributed by atoms with van der Waals surface area (Å²) in [6.07, 6.45) is 1.24. The lowest BCUT2D eigenvalue weighted by Crippen LogP contribution is -2.51. The molecule has 0 spiro atoms. The second-order valence-electron chi connectivity index (χ2n) is 7.00. The molecule has 27 heavy (non-hydrogen) atoms.